The molecule has 0 spiro atoms. The summed E-state index contributed by atoms with van der Waals surface area (Å²) in [5.74, 6) is 0.603. The Balaban J connectivity index is 2.24. The first-order valence-corrected chi connectivity index (χ1v) is 7.28. The lowest BCUT2D eigenvalue weighted by Crippen LogP contribution is -2.14. The fourth-order valence-corrected chi connectivity index (χ4v) is 2.28. The zero-order valence-corrected chi connectivity index (χ0v) is 12.8. The van der Waals surface area contributed by atoms with Crippen molar-refractivity contribution < 1.29 is 9.53 Å². The standard InChI is InChI=1S/C18H21NO2/c1-4-14-9-6-8-13(3)17(14)19-18(20)15-10-7-11-16(12-15)21-5-2/h6-12H,4-5H2,1-3H3,(H,19,20). The smallest absolute Gasteiger partial charge is 0.255 e. The van der Waals surface area contributed by atoms with Crippen LogP contribution in [0.4, 0.5) is 5.69 Å². The van der Waals surface area contributed by atoms with Crippen molar-refractivity contribution in [1.82, 2.24) is 0 Å². The molecule has 2 aromatic rings. The number of carbonyl (C=O) groups is 1. The van der Waals surface area contributed by atoms with Gasteiger partial charge in [0.05, 0.1) is 6.61 Å². The van der Waals surface area contributed by atoms with Crippen molar-refractivity contribution in [1.29, 1.82) is 0 Å². The second kappa shape index (κ2) is 6.93. The van der Waals surface area contributed by atoms with Gasteiger partial charge in [0, 0.05) is 11.3 Å². The molecule has 21 heavy (non-hydrogen) atoms. The third-order valence-electron chi connectivity index (χ3n) is 3.39. The van der Waals surface area contributed by atoms with Gasteiger partial charge in [0.25, 0.3) is 5.91 Å². The fourth-order valence-electron chi connectivity index (χ4n) is 2.28. The average Bonchev–Trinajstić information content (AvgIpc) is 2.50. The Morgan fingerprint density at radius 2 is 1.90 bits per heavy atom. The molecule has 0 aromatic heterocycles. The molecule has 0 heterocycles. The summed E-state index contributed by atoms with van der Waals surface area (Å²) in [4.78, 5) is 12.4. The summed E-state index contributed by atoms with van der Waals surface area (Å²) >= 11 is 0. The van der Waals surface area contributed by atoms with E-state index in [1.807, 2.05) is 44.2 Å². The molecule has 0 saturated carbocycles. The van der Waals surface area contributed by atoms with Gasteiger partial charge in [-0.25, -0.2) is 0 Å². The molecule has 0 aliphatic carbocycles. The fraction of sp³-hybridized carbons (Fsp3) is 0.278. The number of anilines is 1. The molecule has 2 aromatic carbocycles. The van der Waals surface area contributed by atoms with Crippen LogP contribution in [0.5, 0.6) is 5.75 Å². The molecule has 110 valence electrons. The number of ether oxygens (including phenoxy) is 1. The topological polar surface area (TPSA) is 38.3 Å². The van der Waals surface area contributed by atoms with Crippen LogP contribution in [0.25, 0.3) is 0 Å². The molecule has 0 bridgehead atoms. The maximum Gasteiger partial charge on any atom is 0.255 e. The summed E-state index contributed by atoms with van der Waals surface area (Å²) in [6.07, 6.45) is 0.885. The third-order valence-corrected chi connectivity index (χ3v) is 3.39. The van der Waals surface area contributed by atoms with E-state index in [9.17, 15) is 4.79 Å². The summed E-state index contributed by atoms with van der Waals surface area (Å²) in [5, 5.41) is 3.02. The van der Waals surface area contributed by atoms with E-state index >= 15 is 0 Å². The minimum absolute atomic E-state index is 0.111. The van der Waals surface area contributed by atoms with Crippen LogP contribution in [0.15, 0.2) is 42.5 Å². The van der Waals surface area contributed by atoms with E-state index in [1.165, 1.54) is 0 Å². The van der Waals surface area contributed by atoms with Gasteiger partial charge in [0.15, 0.2) is 0 Å². The quantitative estimate of drug-likeness (QED) is 0.892. The minimum atomic E-state index is -0.111. The zero-order valence-electron chi connectivity index (χ0n) is 12.8. The molecule has 0 atom stereocenters. The Labute approximate surface area is 126 Å². The number of hydrogen-bond donors (Lipinski definition) is 1. The van der Waals surface area contributed by atoms with E-state index in [4.69, 9.17) is 4.74 Å². The lowest BCUT2D eigenvalue weighted by Gasteiger charge is -2.13. The zero-order chi connectivity index (χ0) is 15.2. The van der Waals surface area contributed by atoms with Crippen LogP contribution in [0.2, 0.25) is 0 Å². The molecule has 0 unspecified atom stereocenters. The molecular formula is C18H21NO2. The van der Waals surface area contributed by atoms with Crippen molar-refractivity contribution in [2.24, 2.45) is 0 Å². The van der Waals surface area contributed by atoms with E-state index in [0.29, 0.717) is 17.9 Å². The number of carbonyl (C=O) groups excluding carboxylic acids is 1. The molecule has 0 aliphatic rings. The van der Waals surface area contributed by atoms with Crippen LogP contribution >= 0.6 is 0 Å². The van der Waals surface area contributed by atoms with Crippen molar-refractivity contribution in [2.45, 2.75) is 27.2 Å². The van der Waals surface area contributed by atoms with Gasteiger partial charge < -0.3 is 10.1 Å². The molecule has 0 fully saturated rings. The van der Waals surface area contributed by atoms with E-state index in [-0.39, 0.29) is 5.91 Å². The van der Waals surface area contributed by atoms with Crippen molar-refractivity contribution in [2.75, 3.05) is 11.9 Å². The highest BCUT2D eigenvalue weighted by atomic mass is 16.5. The SMILES string of the molecule is CCOc1cccc(C(=O)Nc2c(C)cccc2CC)c1. The van der Waals surface area contributed by atoms with Crippen LogP contribution in [-0.4, -0.2) is 12.5 Å². The van der Waals surface area contributed by atoms with Crippen LogP contribution < -0.4 is 10.1 Å². The Hall–Kier alpha value is -2.29. The van der Waals surface area contributed by atoms with Crippen LogP contribution in [0, 0.1) is 6.92 Å². The Morgan fingerprint density at radius 1 is 1.14 bits per heavy atom. The predicted molar refractivity (Wildman–Crippen MR) is 86.1 cm³/mol. The largest absolute Gasteiger partial charge is 0.494 e. The second-order valence-electron chi connectivity index (χ2n) is 4.88. The normalized spacial score (nSPS) is 10.2. The first kappa shape index (κ1) is 15.1. The highest BCUT2D eigenvalue weighted by molar-refractivity contribution is 6.05. The van der Waals surface area contributed by atoms with Crippen molar-refractivity contribution in [3.8, 4) is 5.75 Å². The van der Waals surface area contributed by atoms with Gasteiger partial charge in [-0.15, -0.1) is 0 Å². The third kappa shape index (κ3) is 3.63. The molecule has 1 N–H and O–H groups in total. The highest BCUT2D eigenvalue weighted by Crippen LogP contribution is 2.22. The Bertz CT molecular complexity index is 635. The number of hydrogen-bond acceptors (Lipinski definition) is 2. The number of nitrogens with one attached hydrogen (secondary N) is 1. The van der Waals surface area contributed by atoms with Gasteiger partial charge in [-0.3, -0.25) is 4.79 Å². The summed E-state index contributed by atoms with van der Waals surface area (Å²) in [7, 11) is 0. The van der Waals surface area contributed by atoms with Crippen molar-refractivity contribution >= 4 is 11.6 Å². The molecule has 0 saturated heterocycles. The maximum absolute atomic E-state index is 12.4. The second-order valence-corrected chi connectivity index (χ2v) is 4.88. The monoisotopic (exact) mass is 283 g/mol. The van der Waals surface area contributed by atoms with Gasteiger partial charge in [-0.05, 0) is 49.6 Å². The number of para-hydroxylation sites is 1. The lowest BCUT2D eigenvalue weighted by molar-refractivity contribution is 0.102. The maximum atomic E-state index is 12.4. The van der Waals surface area contributed by atoms with Gasteiger partial charge >= 0.3 is 0 Å². The molecule has 3 heteroatoms. The van der Waals surface area contributed by atoms with Crippen LogP contribution in [0.3, 0.4) is 0 Å². The summed E-state index contributed by atoms with van der Waals surface area (Å²) in [6, 6.07) is 13.3. The Morgan fingerprint density at radius 3 is 2.62 bits per heavy atom. The van der Waals surface area contributed by atoms with E-state index < -0.39 is 0 Å². The molecule has 1 amide bonds. The summed E-state index contributed by atoms with van der Waals surface area (Å²) in [6.45, 7) is 6.60. The number of aryl methyl sites for hydroxylation is 2. The Kier molecular flexibility index (Phi) is 4.99. The first-order valence-electron chi connectivity index (χ1n) is 7.28. The van der Waals surface area contributed by atoms with E-state index in [2.05, 4.69) is 12.2 Å². The summed E-state index contributed by atoms with van der Waals surface area (Å²) in [5.41, 5.74) is 3.73. The molecule has 3 nitrogen and oxygen atoms in total. The van der Waals surface area contributed by atoms with Gasteiger partial charge in [-0.1, -0.05) is 31.2 Å². The molecule has 0 radical (unpaired) electrons. The average molecular weight is 283 g/mol. The van der Waals surface area contributed by atoms with Crippen molar-refractivity contribution in [3.63, 3.8) is 0 Å². The van der Waals surface area contributed by atoms with Crippen molar-refractivity contribution in [3.05, 3.63) is 59.2 Å². The summed E-state index contributed by atoms with van der Waals surface area (Å²) < 4.78 is 5.44. The number of benzene rings is 2. The van der Waals surface area contributed by atoms with Gasteiger partial charge in [0.2, 0.25) is 0 Å². The predicted octanol–water partition coefficient (Wildman–Crippen LogP) is 4.21. The lowest BCUT2D eigenvalue weighted by atomic mass is 10.1. The molecular weight excluding hydrogens is 262 g/mol. The van der Waals surface area contributed by atoms with Crippen LogP contribution in [-0.2, 0) is 6.42 Å². The molecule has 0 aliphatic heterocycles. The minimum Gasteiger partial charge on any atom is -0.494 e. The number of rotatable bonds is 5. The van der Waals surface area contributed by atoms with E-state index in [1.54, 1.807) is 12.1 Å². The van der Waals surface area contributed by atoms with Crippen LogP contribution in [0.1, 0.15) is 35.3 Å². The highest BCUT2D eigenvalue weighted by Gasteiger charge is 2.11. The first-order chi connectivity index (χ1) is 10.2. The van der Waals surface area contributed by atoms with E-state index in [0.717, 1.165) is 23.2 Å². The number of amides is 1. The van der Waals surface area contributed by atoms with Gasteiger partial charge in [-0.2, -0.15) is 0 Å². The molecule has 2 rings (SSSR count). The van der Waals surface area contributed by atoms with Gasteiger partial charge in [0.1, 0.15) is 5.75 Å².